The van der Waals surface area contributed by atoms with Gasteiger partial charge in [-0.1, -0.05) is 0 Å². The molecule has 0 N–H and O–H groups in total. The first kappa shape index (κ1) is 15.7. The van der Waals surface area contributed by atoms with E-state index in [1.807, 2.05) is 0 Å². The largest absolute Gasteiger partial charge is 0.496 e. The quantitative estimate of drug-likeness (QED) is 0.463. The SMILES string of the molecule is CCOC(=O)C(=O)C1OCc2cc(OC)c(Br)cc2C1=O. The molecular weight excluding hydrogens is 344 g/mol. The van der Waals surface area contributed by atoms with Crippen LogP contribution in [0.15, 0.2) is 16.6 Å². The van der Waals surface area contributed by atoms with Gasteiger partial charge >= 0.3 is 5.97 Å². The fraction of sp³-hybridized carbons (Fsp3) is 0.357. The van der Waals surface area contributed by atoms with Crippen LogP contribution in [0, 0.1) is 0 Å². The van der Waals surface area contributed by atoms with Crippen LogP contribution < -0.4 is 4.74 Å². The van der Waals surface area contributed by atoms with Crippen molar-refractivity contribution < 1.29 is 28.6 Å². The molecule has 0 saturated carbocycles. The molecule has 6 nitrogen and oxygen atoms in total. The first-order chi connectivity index (χ1) is 9.99. The van der Waals surface area contributed by atoms with Gasteiger partial charge in [0.05, 0.1) is 24.8 Å². The van der Waals surface area contributed by atoms with Gasteiger partial charge in [0.25, 0.3) is 5.78 Å². The highest BCUT2D eigenvalue weighted by Gasteiger charge is 2.38. The highest BCUT2D eigenvalue weighted by Crippen LogP contribution is 2.32. The summed E-state index contributed by atoms with van der Waals surface area (Å²) in [5.41, 5.74) is 0.935. The first-order valence-corrected chi connectivity index (χ1v) is 7.02. The number of fused-ring (bicyclic) bond motifs is 1. The number of hydrogen-bond donors (Lipinski definition) is 0. The maximum Gasteiger partial charge on any atom is 0.377 e. The van der Waals surface area contributed by atoms with Crippen LogP contribution in [0.25, 0.3) is 0 Å². The predicted octanol–water partition coefficient (Wildman–Crippen LogP) is 1.67. The van der Waals surface area contributed by atoms with E-state index in [-0.39, 0.29) is 13.2 Å². The summed E-state index contributed by atoms with van der Waals surface area (Å²) in [5.74, 6) is -2.05. The highest BCUT2D eigenvalue weighted by molar-refractivity contribution is 9.10. The molecule has 0 saturated heterocycles. The van der Waals surface area contributed by atoms with E-state index in [9.17, 15) is 14.4 Å². The molecule has 1 aromatic rings. The van der Waals surface area contributed by atoms with Gasteiger partial charge < -0.3 is 14.2 Å². The molecule has 1 unspecified atom stereocenters. The average Bonchev–Trinajstić information content (AvgIpc) is 2.47. The molecule has 0 amide bonds. The molecule has 7 heteroatoms. The van der Waals surface area contributed by atoms with Gasteiger partial charge in [-0.2, -0.15) is 0 Å². The van der Waals surface area contributed by atoms with Crippen molar-refractivity contribution in [3.63, 3.8) is 0 Å². The van der Waals surface area contributed by atoms with Crippen molar-refractivity contribution in [2.45, 2.75) is 19.6 Å². The molecule has 0 spiro atoms. The van der Waals surface area contributed by atoms with E-state index in [1.54, 1.807) is 19.1 Å². The maximum atomic E-state index is 12.3. The van der Waals surface area contributed by atoms with E-state index in [1.165, 1.54) is 7.11 Å². The summed E-state index contributed by atoms with van der Waals surface area (Å²) >= 11 is 3.28. The number of benzene rings is 1. The van der Waals surface area contributed by atoms with E-state index >= 15 is 0 Å². The zero-order valence-corrected chi connectivity index (χ0v) is 13.1. The van der Waals surface area contributed by atoms with Crippen LogP contribution in [0.2, 0.25) is 0 Å². The molecule has 112 valence electrons. The summed E-state index contributed by atoms with van der Waals surface area (Å²) < 4.78 is 15.5. The van der Waals surface area contributed by atoms with E-state index in [2.05, 4.69) is 20.7 Å². The van der Waals surface area contributed by atoms with Gasteiger partial charge in [-0.05, 0) is 40.5 Å². The standard InChI is InChI=1S/C14H13BrO6/c1-3-20-14(18)12(17)13-11(16)8-5-9(15)10(19-2)4-7(8)6-21-13/h4-5,13H,3,6H2,1-2H3. The zero-order chi connectivity index (χ0) is 15.6. The Labute approximate surface area is 129 Å². The average molecular weight is 357 g/mol. The summed E-state index contributed by atoms with van der Waals surface area (Å²) in [5, 5.41) is 0. The van der Waals surface area contributed by atoms with E-state index in [4.69, 9.17) is 9.47 Å². The number of ketones is 2. The lowest BCUT2D eigenvalue weighted by Crippen LogP contribution is -2.41. The first-order valence-electron chi connectivity index (χ1n) is 6.22. The van der Waals surface area contributed by atoms with E-state index in [0.717, 1.165) is 0 Å². The monoisotopic (exact) mass is 356 g/mol. The number of methoxy groups -OCH3 is 1. The van der Waals surface area contributed by atoms with Crippen molar-refractivity contribution in [2.75, 3.05) is 13.7 Å². The minimum absolute atomic E-state index is 0.0422. The third kappa shape index (κ3) is 2.98. The number of rotatable bonds is 4. The highest BCUT2D eigenvalue weighted by atomic mass is 79.9. The number of halogens is 1. The normalized spacial score (nSPS) is 17.1. The van der Waals surface area contributed by atoms with Crippen molar-refractivity contribution in [1.29, 1.82) is 0 Å². The van der Waals surface area contributed by atoms with Crippen LogP contribution in [0.3, 0.4) is 0 Å². The number of ether oxygens (including phenoxy) is 3. The van der Waals surface area contributed by atoms with Gasteiger partial charge in [-0.25, -0.2) is 4.79 Å². The Morgan fingerprint density at radius 3 is 2.76 bits per heavy atom. The molecule has 1 aromatic carbocycles. The number of hydrogen-bond acceptors (Lipinski definition) is 6. The minimum Gasteiger partial charge on any atom is -0.496 e. The molecule has 0 radical (unpaired) electrons. The lowest BCUT2D eigenvalue weighted by molar-refractivity contribution is -0.158. The Hall–Kier alpha value is -1.73. The predicted molar refractivity (Wildman–Crippen MR) is 75.2 cm³/mol. The van der Waals surface area contributed by atoms with Crippen molar-refractivity contribution in [1.82, 2.24) is 0 Å². The van der Waals surface area contributed by atoms with Gasteiger partial charge in [0.2, 0.25) is 0 Å². The third-order valence-corrected chi connectivity index (χ3v) is 3.62. The third-order valence-electron chi connectivity index (χ3n) is 3.00. The van der Waals surface area contributed by atoms with Crippen LogP contribution in [0.1, 0.15) is 22.8 Å². The summed E-state index contributed by atoms with van der Waals surface area (Å²) in [6, 6.07) is 3.22. The van der Waals surface area contributed by atoms with Crippen molar-refractivity contribution in [3.05, 3.63) is 27.7 Å². The van der Waals surface area contributed by atoms with Crippen LogP contribution in [0.4, 0.5) is 0 Å². The Morgan fingerprint density at radius 1 is 1.43 bits per heavy atom. The Balaban J connectivity index is 2.30. The molecule has 1 heterocycles. The molecule has 1 atom stereocenters. The van der Waals surface area contributed by atoms with Crippen LogP contribution in [0.5, 0.6) is 5.75 Å². The smallest absolute Gasteiger partial charge is 0.377 e. The van der Waals surface area contributed by atoms with Crippen LogP contribution in [-0.2, 0) is 25.7 Å². The lowest BCUT2D eigenvalue weighted by Gasteiger charge is -2.23. The van der Waals surface area contributed by atoms with Gasteiger partial charge in [-0.3, -0.25) is 9.59 Å². The Bertz CT molecular complexity index is 610. The summed E-state index contributed by atoms with van der Waals surface area (Å²) in [6.07, 6.45) is -1.45. The van der Waals surface area contributed by atoms with Crippen molar-refractivity contribution >= 4 is 33.5 Å². The molecule has 1 aliphatic heterocycles. The van der Waals surface area contributed by atoms with Crippen molar-refractivity contribution in [2.24, 2.45) is 0 Å². The zero-order valence-electron chi connectivity index (χ0n) is 11.5. The fourth-order valence-corrected chi connectivity index (χ4v) is 2.50. The second-order valence-corrected chi connectivity index (χ2v) is 5.14. The van der Waals surface area contributed by atoms with Gasteiger partial charge in [0, 0.05) is 5.56 Å². The van der Waals surface area contributed by atoms with Gasteiger partial charge in [0.15, 0.2) is 11.9 Å². The number of esters is 1. The van der Waals surface area contributed by atoms with Gasteiger partial charge in [-0.15, -0.1) is 0 Å². The van der Waals surface area contributed by atoms with E-state index in [0.29, 0.717) is 21.3 Å². The summed E-state index contributed by atoms with van der Waals surface area (Å²) in [6.45, 7) is 1.68. The number of Topliss-reactive ketones (excluding diaryl/α,β-unsaturated/α-hetero) is 2. The molecule has 0 aromatic heterocycles. The second kappa shape index (κ2) is 6.36. The Morgan fingerprint density at radius 2 is 2.14 bits per heavy atom. The molecular formula is C14H13BrO6. The summed E-state index contributed by atoms with van der Waals surface area (Å²) in [4.78, 5) is 35.6. The van der Waals surface area contributed by atoms with E-state index < -0.39 is 23.6 Å². The summed E-state index contributed by atoms with van der Waals surface area (Å²) in [7, 11) is 1.51. The molecule has 0 fully saturated rings. The van der Waals surface area contributed by atoms with Crippen LogP contribution >= 0.6 is 15.9 Å². The molecule has 1 aliphatic rings. The van der Waals surface area contributed by atoms with Crippen molar-refractivity contribution in [3.8, 4) is 5.75 Å². The second-order valence-electron chi connectivity index (χ2n) is 4.28. The number of carbonyl (C=O) groups is 3. The topological polar surface area (TPSA) is 78.9 Å². The fourth-order valence-electron chi connectivity index (χ4n) is 1.99. The maximum absolute atomic E-state index is 12.3. The molecule has 21 heavy (non-hydrogen) atoms. The Kier molecular flexibility index (Phi) is 4.74. The lowest BCUT2D eigenvalue weighted by atomic mass is 9.95. The molecule has 2 rings (SSSR count). The molecule has 0 bridgehead atoms. The van der Waals surface area contributed by atoms with Gasteiger partial charge in [0.1, 0.15) is 5.75 Å². The minimum atomic E-state index is -1.45. The van der Waals surface area contributed by atoms with Crippen LogP contribution in [-0.4, -0.2) is 37.4 Å². The molecule has 0 aliphatic carbocycles. The number of carbonyl (C=O) groups excluding carboxylic acids is 3.